The third kappa shape index (κ3) is 1.95. The molecule has 2 aromatic rings. The number of sulfone groups is 1. The van der Waals surface area contributed by atoms with Crippen LogP contribution in [0, 0.1) is 6.92 Å². The van der Waals surface area contributed by atoms with Crippen LogP contribution in [-0.4, -0.2) is 47.6 Å². The lowest BCUT2D eigenvalue weighted by Crippen LogP contribution is -2.46. The molecule has 0 radical (unpaired) electrons. The third-order valence-corrected chi connectivity index (χ3v) is 5.59. The van der Waals surface area contributed by atoms with E-state index < -0.39 is 15.1 Å². The van der Waals surface area contributed by atoms with Gasteiger partial charge in [0.1, 0.15) is 17.5 Å². The van der Waals surface area contributed by atoms with Crippen LogP contribution in [0.1, 0.15) is 12.6 Å². The topological polar surface area (TPSA) is 89.2 Å². The van der Waals surface area contributed by atoms with Gasteiger partial charge in [0.05, 0.1) is 16.7 Å². The molecule has 19 heavy (non-hydrogen) atoms. The Hall–Kier alpha value is -1.70. The van der Waals surface area contributed by atoms with Crippen molar-refractivity contribution in [2.45, 2.75) is 19.1 Å². The standard InChI is InChI=1S/C11H14N4O3S/c1-7-5-15(3-4-19(7,16)17)10-9-8(2)14-18-11(9)13-6-12-10/h6-7H,3-5H2,1-2H3. The van der Waals surface area contributed by atoms with E-state index in [-0.39, 0.29) is 5.75 Å². The summed E-state index contributed by atoms with van der Waals surface area (Å²) < 4.78 is 28.6. The molecule has 1 atom stereocenters. The number of hydrogen-bond donors (Lipinski definition) is 0. The molecule has 1 unspecified atom stereocenters. The van der Waals surface area contributed by atoms with Crippen LogP contribution in [0.5, 0.6) is 0 Å². The molecule has 1 saturated heterocycles. The van der Waals surface area contributed by atoms with Crippen molar-refractivity contribution >= 4 is 26.8 Å². The molecule has 1 fully saturated rings. The molecule has 0 amide bonds. The van der Waals surface area contributed by atoms with Gasteiger partial charge in [0.15, 0.2) is 9.84 Å². The highest BCUT2D eigenvalue weighted by Gasteiger charge is 2.31. The van der Waals surface area contributed by atoms with Gasteiger partial charge in [-0.2, -0.15) is 4.98 Å². The SMILES string of the molecule is Cc1noc2ncnc(N3CCS(=O)(=O)C(C)C3)c12. The summed E-state index contributed by atoms with van der Waals surface area (Å²) in [6.45, 7) is 4.41. The molecule has 3 rings (SSSR count). The number of fused-ring (bicyclic) bond motifs is 1. The first kappa shape index (κ1) is 12.3. The Labute approximate surface area is 110 Å². The lowest BCUT2D eigenvalue weighted by Gasteiger charge is -2.31. The van der Waals surface area contributed by atoms with Crippen LogP contribution < -0.4 is 4.90 Å². The first-order chi connectivity index (χ1) is 8.99. The summed E-state index contributed by atoms with van der Waals surface area (Å²) in [4.78, 5) is 10.2. The fourth-order valence-corrected chi connectivity index (χ4v) is 3.57. The molecule has 0 spiro atoms. The molecule has 0 aromatic carbocycles. The average Bonchev–Trinajstić information content (AvgIpc) is 2.75. The summed E-state index contributed by atoms with van der Waals surface area (Å²) in [5, 5.41) is 4.24. The maximum atomic E-state index is 11.7. The van der Waals surface area contributed by atoms with Crippen LogP contribution in [-0.2, 0) is 9.84 Å². The second kappa shape index (κ2) is 4.16. The van der Waals surface area contributed by atoms with Gasteiger partial charge in [0.2, 0.25) is 0 Å². The predicted molar refractivity (Wildman–Crippen MR) is 69.8 cm³/mol. The van der Waals surface area contributed by atoms with Crippen LogP contribution in [0.15, 0.2) is 10.9 Å². The van der Waals surface area contributed by atoms with E-state index in [1.165, 1.54) is 6.33 Å². The Kier molecular flexibility index (Phi) is 2.70. The molecule has 1 aliphatic heterocycles. The Morgan fingerprint density at radius 2 is 2.21 bits per heavy atom. The highest BCUT2D eigenvalue weighted by Crippen LogP contribution is 2.27. The Balaban J connectivity index is 2.04. The second-order valence-corrected chi connectivity index (χ2v) is 7.31. The van der Waals surface area contributed by atoms with Crippen molar-refractivity contribution < 1.29 is 12.9 Å². The molecular formula is C11H14N4O3S. The first-order valence-corrected chi connectivity index (χ1v) is 7.74. The lowest BCUT2D eigenvalue weighted by atomic mass is 10.2. The molecule has 0 aliphatic carbocycles. The van der Waals surface area contributed by atoms with Crippen molar-refractivity contribution in [1.82, 2.24) is 15.1 Å². The minimum absolute atomic E-state index is 0.143. The van der Waals surface area contributed by atoms with Crippen LogP contribution in [0.3, 0.4) is 0 Å². The van der Waals surface area contributed by atoms with Gasteiger partial charge in [0, 0.05) is 13.1 Å². The van der Waals surface area contributed by atoms with Crippen molar-refractivity contribution in [3.63, 3.8) is 0 Å². The van der Waals surface area contributed by atoms with Crippen molar-refractivity contribution in [3.8, 4) is 0 Å². The highest BCUT2D eigenvalue weighted by molar-refractivity contribution is 7.92. The van der Waals surface area contributed by atoms with Crippen LogP contribution in [0.4, 0.5) is 5.82 Å². The fraction of sp³-hybridized carbons (Fsp3) is 0.545. The maximum Gasteiger partial charge on any atom is 0.263 e. The van der Waals surface area contributed by atoms with Gasteiger partial charge in [-0.25, -0.2) is 13.4 Å². The smallest absolute Gasteiger partial charge is 0.263 e. The van der Waals surface area contributed by atoms with Gasteiger partial charge in [-0.1, -0.05) is 5.16 Å². The van der Waals surface area contributed by atoms with E-state index in [0.29, 0.717) is 30.3 Å². The van der Waals surface area contributed by atoms with Crippen molar-refractivity contribution in [1.29, 1.82) is 0 Å². The zero-order valence-corrected chi connectivity index (χ0v) is 11.5. The quantitative estimate of drug-likeness (QED) is 0.754. The van der Waals surface area contributed by atoms with Gasteiger partial charge < -0.3 is 9.42 Å². The van der Waals surface area contributed by atoms with Gasteiger partial charge >= 0.3 is 0 Å². The van der Waals surface area contributed by atoms with Crippen LogP contribution >= 0.6 is 0 Å². The minimum atomic E-state index is -2.98. The van der Waals surface area contributed by atoms with Crippen LogP contribution in [0.25, 0.3) is 11.1 Å². The number of hydrogen-bond acceptors (Lipinski definition) is 7. The van der Waals surface area contributed by atoms with E-state index in [0.717, 1.165) is 5.39 Å². The third-order valence-electron chi connectivity index (χ3n) is 3.46. The summed E-state index contributed by atoms with van der Waals surface area (Å²) in [5.41, 5.74) is 1.15. The molecule has 102 valence electrons. The maximum absolute atomic E-state index is 11.7. The molecule has 0 bridgehead atoms. The van der Waals surface area contributed by atoms with Gasteiger partial charge in [-0.05, 0) is 13.8 Å². The Bertz CT molecular complexity index is 725. The highest BCUT2D eigenvalue weighted by atomic mass is 32.2. The molecule has 0 saturated carbocycles. The number of anilines is 1. The summed E-state index contributed by atoms with van der Waals surface area (Å²) >= 11 is 0. The Morgan fingerprint density at radius 1 is 1.42 bits per heavy atom. The van der Waals surface area contributed by atoms with Gasteiger partial charge in [-0.3, -0.25) is 0 Å². The number of aryl methyl sites for hydroxylation is 1. The van der Waals surface area contributed by atoms with Crippen molar-refractivity contribution in [2.75, 3.05) is 23.7 Å². The molecule has 1 aliphatic rings. The molecule has 2 aromatic heterocycles. The zero-order valence-electron chi connectivity index (χ0n) is 10.7. The van der Waals surface area contributed by atoms with Gasteiger partial charge in [0.25, 0.3) is 5.71 Å². The summed E-state index contributed by atoms with van der Waals surface area (Å²) in [6, 6.07) is 0. The molecular weight excluding hydrogens is 268 g/mol. The molecule has 3 heterocycles. The summed E-state index contributed by atoms with van der Waals surface area (Å²) in [5.74, 6) is 0.842. The van der Waals surface area contributed by atoms with Crippen molar-refractivity contribution in [2.24, 2.45) is 0 Å². The predicted octanol–water partition coefficient (Wildman–Crippen LogP) is 0.550. The lowest BCUT2D eigenvalue weighted by molar-refractivity contribution is 0.442. The van der Waals surface area contributed by atoms with E-state index in [1.54, 1.807) is 6.92 Å². The average molecular weight is 282 g/mol. The van der Waals surface area contributed by atoms with E-state index in [2.05, 4.69) is 15.1 Å². The molecule has 0 N–H and O–H groups in total. The molecule has 7 nitrogen and oxygen atoms in total. The molecule has 8 heteroatoms. The van der Waals surface area contributed by atoms with E-state index >= 15 is 0 Å². The fourth-order valence-electron chi connectivity index (χ4n) is 2.29. The monoisotopic (exact) mass is 282 g/mol. The zero-order chi connectivity index (χ0) is 13.6. The second-order valence-electron chi connectivity index (χ2n) is 4.77. The Morgan fingerprint density at radius 3 is 2.95 bits per heavy atom. The normalized spacial score (nSPS) is 22.8. The number of rotatable bonds is 1. The van der Waals surface area contributed by atoms with E-state index in [1.807, 2.05) is 11.8 Å². The van der Waals surface area contributed by atoms with E-state index in [4.69, 9.17) is 4.52 Å². The summed E-state index contributed by atoms with van der Waals surface area (Å²) in [7, 11) is -2.98. The number of nitrogens with zero attached hydrogens (tertiary/aromatic N) is 4. The van der Waals surface area contributed by atoms with Crippen molar-refractivity contribution in [3.05, 3.63) is 12.0 Å². The van der Waals surface area contributed by atoms with E-state index in [9.17, 15) is 8.42 Å². The summed E-state index contributed by atoms with van der Waals surface area (Å²) in [6.07, 6.45) is 1.41. The first-order valence-electron chi connectivity index (χ1n) is 6.02. The van der Waals surface area contributed by atoms with Gasteiger partial charge in [-0.15, -0.1) is 0 Å². The van der Waals surface area contributed by atoms with Crippen LogP contribution in [0.2, 0.25) is 0 Å². The largest absolute Gasteiger partial charge is 0.354 e. The minimum Gasteiger partial charge on any atom is -0.354 e. The number of aromatic nitrogens is 3.